The summed E-state index contributed by atoms with van der Waals surface area (Å²) in [5, 5.41) is 7.41. The molecule has 0 bridgehead atoms. The fraction of sp³-hybridized carbons (Fsp3) is 0.200. The van der Waals surface area contributed by atoms with Crippen molar-refractivity contribution >= 4 is 11.5 Å². The molecule has 0 aliphatic heterocycles. The van der Waals surface area contributed by atoms with Crippen molar-refractivity contribution in [2.24, 2.45) is 7.05 Å². The fourth-order valence-corrected chi connectivity index (χ4v) is 1.25. The summed E-state index contributed by atoms with van der Waals surface area (Å²) in [7, 11) is 1.89. The minimum Gasteiger partial charge on any atom is -0.339 e. The van der Waals surface area contributed by atoms with Crippen LogP contribution in [0.4, 0.5) is 11.5 Å². The number of pyridine rings is 1. The zero-order valence-electron chi connectivity index (χ0n) is 8.23. The maximum absolute atomic E-state index is 4.22. The first kappa shape index (κ1) is 8.74. The van der Waals surface area contributed by atoms with E-state index in [2.05, 4.69) is 15.4 Å². The third-order valence-electron chi connectivity index (χ3n) is 1.88. The van der Waals surface area contributed by atoms with Gasteiger partial charge in [-0.25, -0.2) is 0 Å². The van der Waals surface area contributed by atoms with Crippen molar-refractivity contribution in [1.29, 1.82) is 0 Å². The third kappa shape index (κ3) is 1.90. The standard InChI is InChI=1S/C10H12N4/c1-8-7-9(3-5-11-8)12-10-4-6-14(2)13-10/h3-7H,1-2H3,(H,11,12,13). The Morgan fingerprint density at radius 3 is 2.86 bits per heavy atom. The highest BCUT2D eigenvalue weighted by Gasteiger charge is 1.97. The first-order chi connectivity index (χ1) is 6.74. The van der Waals surface area contributed by atoms with Gasteiger partial charge in [-0.3, -0.25) is 9.67 Å². The summed E-state index contributed by atoms with van der Waals surface area (Å²) in [4.78, 5) is 4.12. The Kier molecular flexibility index (Phi) is 2.18. The van der Waals surface area contributed by atoms with E-state index in [1.54, 1.807) is 10.9 Å². The maximum atomic E-state index is 4.22. The molecule has 14 heavy (non-hydrogen) atoms. The number of hydrogen-bond acceptors (Lipinski definition) is 3. The van der Waals surface area contributed by atoms with E-state index < -0.39 is 0 Å². The number of hydrogen-bond donors (Lipinski definition) is 1. The van der Waals surface area contributed by atoms with Crippen molar-refractivity contribution in [1.82, 2.24) is 14.8 Å². The smallest absolute Gasteiger partial charge is 0.152 e. The highest BCUT2D eigenvalue weighted by Crippen LogP contribution is 2.13. The number of aromatic nitrogens is 3. The molecule has 4 nitrogen and oxygen atoms in total. The first-order valence-corrected chi connectivity index (χ1v) is 4.43. The Labute approximate surface area is 82.6 Å². The number of nitrogens with zero attached hydrogens (tertiary/aromatic N) is 3. The van der Waals surface area contributed by atoms with Crippen LogP contribution in [0.1, 0.15) is 5.69 Å². The van der Waals surface area contributed by atoms with Crippen LogP contribution in [0, 0.1) is 6.92 Å². The Hall–Kier alpha value is -1.84. The fourth-order valence-electron chi connectivity index (χ4n) is 1.25. The quantitative estimate of drug-likeness (QED) is 0.782. The second kappa shape index (κ2) is 3.49. The van der Waals surface area contributed by atoms with Gasteiger partial charge in [-0.1, -0.05) is 0 Å². The van der Waals surface area contributed by atoms with Gasteiger partial charge >= 0.3 is 0 Å². The van der Waals surface area contributed by atoms with Gasteiger partial charge in [-0.15, -0.1) is 0 Å². The van der Waals surface area contributed by atoms with Gasteiger partial charge in [0.2, 0.25) is 0 Å². The Morgan fingerprint density at radius 2 is 2.21 bits per heavy atom. The van der Waals surface area contributed by atoms with Crippen molar-refractivity contribution < 1.29 is 0 Å². The summed E-state index contributed by atoms with van der Waals surface area (Å²) < 4.78 is 1.76. The molecule has 0 aliphatic carbocycles. The van der Waals surface area contributed by atoms with Crippen LogP contribution < -0.4 is 5.32 Å². The number of rotatable bonds is 2. The molecule has 2 heterocycles. The lowest BCUT2D eigenvalue weighted by molar-refractivity contribution is 0.771. The van der Waals surface area contributed by atoms with E-state index in [-0.39, 0.29) is 0 Å². The minimum atomic E-state index is 0.845. The summed E-state index contributed by atoms with van der Waals surface area (Å²) >= 11 is 0. The van der Waals surface area contributed by atoms with Gasteiger partial charge < -0.3 is 5.32 Å². The van der Waals surface area contributed by atoms with Gasteiger partial charge in [-0.05, 0) is 19.1 Å². The van der Waals surface area contributed by atoms with Crippen LogP contribution >= 0.6 is 0 Å². The predicted octanol–water partition coefficient (Wildman–Crippen LogP) is 1.87. The zero-order chi connectivity index (χ0) is 9.97. The molecule has 0 saturated heterocycles. The predicted molar refractivity (Wildman–Crippen MR) is 55.5 cm³/mol. The molecule has 2 aromatic heterocycles. The number of anilines is 2. The monoisotopic (exact) mass is 188 g/mol. The second-order valence-electron chi connectivity index (χ2n) is 3.19. The van der Waals surface area contributed by atoms with Gasteiger partial charge in [0.15, 0.2) is 5.82 Å². The van der Waals surface area contributed by atoms with E-state index >= 15 is 0 Å². The van der Waals surface area contributed by atoms with E-state index in [4.69, 9.17) is 0 Å². The van der Waals surface area contributed by atoms with Crippen LogP contribution in [-0.2, 0) is 7.05 Å². The molecular formula is C10H12N4. The molecular weight excluding hydrogens is 176 g/mol. The Morgan fingerprint density at radius 1 is 1.36 bits per heavy atom. The minimum absolute atomic E-state index is 0.845. The highest BCUT2D eigenvalue weighted by molar-refractivity contribution is 5.55. The largest absolute Gasteiger partial charge is 0.339 e. The summed E-state index contributed by atoms with van der Waals surface area (Å²) in [6.07, 6.45) is 3.68. The highest BCUT2D eigenvalue weighted by atomic mass is 15.3. The van der Waals surface area contributed by atoms with Gasteiger partial charge in [-0.2, -0.15) is 5.10 Å². The van der Waals surface area contributed by atoms with Gasteiger partial charge in [0.05, 0.1) is 0 Å². The average Bonchev–Trinajstić information content (AvgIpc) is 2.51. The van der Waals surface area contributed by atoms with Crippen LogP contribution in [0.15, 0.2) is 30.6 Å². The summed E-state index contributed by atoms with van der Waals surface area (Å²) in [5.74, 6) is 0.845. The van der Waals surface area contributed by atoms with Crippen LogP contribution in [0.3, 0.4) is 0 Å². The maximum Gasteiger partial charge on any atom is 0.152 e. The zero-order valence-corrected chi connectivity index (χ0v) is 8.23. The SMILES string of the molecule is Cc1cc(Nc2ccn(C)n2)ccn1. The lowest BCUT2D eigenvalue weighted by Gasteiger charge is -2.02. The molecule has 4 heteroatoms. The molecule has 0 aliphatic rings. The van der Waals surface area contributed by atoms with Crippen LogP contribution in [0.5, 0.6) is 0 Å². The molecule has 0 amide bonds. The lowest BCUT2D eigenvalue weighted by Crippen LogP contribution is -1.94. The van der Waals surface area contributed by atoms with Gasteiger partial charge in [0.25, 0.3) is 0 Å². The van der Waals surface area contributed by atoms with Crippen LogP contribution in [-0.4, -0.2) is 14.8 Å². The average molecular weight is 188 g/mol. The van der Waals surface area contributed by atoms with E-state index in [1.807, 2.05) is 38.4 Å². The van der Waals surface area contributed by atoms with Gasteiger partial charge in [0, 0.05) is 36.9 Å². The van der Waals surface area contributed by atoms with Crippen LogP contribution in [0.25, 0.3) is 0 Å². The van der Waals surface area contributed by atoms with E-state index in [1.165, 1.54) is 0 Å². The molecule has 0 unspecified atom stereocenters. The molecule has 1 N–H and O–H groups in total. The summed E-state index contributed by atoms with van der Waals surface area (Å²) in [5.41, 5.74) is 2.00. The molecule has 0 fully saturated rings. The molecule has 0 saturated carbocycles. The topological polar surface area (TPSA) is 42.7 Å². The normalized spacial score (nSPS) is 10.1. The molecule has 2 aromatic rings. The van der Waals surface area contributed by atoms with E-state index in [0.717, 1.165) is 17.2 Å². The van der Waals surface area contributed by atoms with E-state index in [9.17, 15) is 0 Å². The van der Waals surface area contributed by atoms with Crippen LogP contribution in [0.2, 0.25) is 0 Å². The molecule has 2 rings (SSSR count). The van der Waals surface area contributed by atoms with Crippen molar-refractivity contribution in [2.75, 3.05) is 5.32 Å². The number of aryl methyl sites for hydroxylation is 2. The molecule has 0 atom stereocenters. The Balaban J connectivity index is 2.18. The number of nitrogens with one attached hydrogen (secondary N) is 1. The van der Waals surface area contributed by atoms with Crippen molar-refractivity contribution in [3.8, 4) is 0 Å². The third-order valence-corrected chi connectivity index (χ3v) is 1.88. The van der Waals surface area contributed by atoms with Crippen molar-refractivity contribution in [3.05, 3.63) is 36.3 Å². The van der Waals surface area contributed by atoms with Crippen molar-refractivity contribution in [2.45, 2.75) is 6.92 Å². The van der Waals surface area contributed by atoms with E-state index in [0.29, 0.717) is 0 Å². The first-order valence-electron chi connectivity index (χ1n) is 4.43. The lowest BCUT2D eigenvalue weighted by atomic mass is 10.3. The van der Waals surface area contributed by atoms with Crippen molar-refractivity contribution in [3.63, 3.8) is 0 Å². The Bertz CT molecular complexity index is 433. The molecule has 0 spiro atoms. The molecule has 0 radical (unpaired) electrons. The molecule has 72 valence electrons. The molecule has 0 aromatic carbocycles. The summed E-state index contributed by atoms with van der Waals surface area (Å²) in [6, 6.07) is 5.83. The summed E-state index contributed by atoms with van der Waals surface area (Å²) in [6.45, 7) is 1.96. The van der Waals surface area contributed by atoms with Gasteiger partial charge in [0.1, 0.15) is 0 Å². The second-order valence-corrected chi connectivity index (χ2v) is 3.19.